The molecule has 18 heavy (non-hydrogen) atoms. The van der Waals surface area contributed by atoms with Gasteiger partial charge in [0, 0.05) is 30.4 Å². The van der Waals surface area contributed by atoms with Crippen LogP contribution in [0.2, 0.25) is 0 Å². The largest absolute Gasteiger partial charge is 0.382 e. The second-order valence-electron chi connectivity index (χ2n) is 4.86. The Morgan fingerprint density at radius 1 is 1.33 bits per heavy atom. The average molecular weight is 246 g/mol. The Kier molecular flexibility index (Phi) is 4.24. The van der Waals surface area contributed by atoms with E-state index in [0.29, 0.717) is 12.5 Å². The van der Waals surface area contributed by atoms with E-state index in [1.165, 1.54) is 0 Å². The number of nitrogens with zero attached hydrogens (tertiary/aromatic N) is 1. The number of carbonyl (C=O) groups excluding carboxylic acids is 1. The van der Waals surface area contributed by atoms with Crippen molar-refractivity contribution in [2.45, 2.75) is 45.6 Å². The van der Waals surface area contributed by atoms with Gasteiger partial charge in [0.25, 0.3) is 0 Å². The summed E-state index contributed by atoms with van der Waals surface area (Å²) in [6.07, 6.45) is 3.89. The third kappa shape index (κ3) is 2.84. The molecule has 1 amide bonds. The van der Waals surface area contributed by atoms with Crippen molar-refractivity contribution in [3.63, 3.8) is 0 Å². The number of benzene rings is 1. The molecule has 3 nitrogen and oxygen atoms in total. The van der Waals surface area contributed by atoms with Gasteiger partial charge in [-0.1, -0.05) is 19.9 Å². The van der Waals surface area contributed by atoms with Crippen molar-refractivity contribution in [3.05, 3.63) is 24.3 Å². The van der Waals surface area contributed by atoms with E-state index < -0.39 is 0 Å². The first-order valence-corrected chi connectivity index (χ1v) is 6.91. The summed E-state index contributed by atoms with van der Waals surface area (Å²) in [5, 5.41) is 3.52. The molecule has 0 spiro atoms. The molecule has 2 rings (SSSR count). The van der Waals surface area contributed by atoms with Crippen molar-refractivity contribution < 1.29 is 4.79 Å². The second-order valence-corrected chi connectivity index (χ2v) is 4.86. The van der Waals surface area contributed by atoms with Gasteiger partial charge in [-0.25, -0.2) is 0 Å². The van der Waals surface area contributed by atoms with Gasteiger partial charge in [-0.15, -0.1) is 0 Å². The molecule has 1 aliphatic heterocycles. The lowest BCUT2D eigenvalue weighted by Crippen LogP contribution is -2.24. The highest BCUT2D eigenvalue weighted by Gasteiger charge is 2.21. The van der Waals surface area contributed by atoms with Crippen molar-refractivity contribution in [2.24, 2.45) is 0 Å². The molecule has 1 aliphatic rings. The molecule has 0 unspecified atom stereocenters. The van der Waals surface area contributed by atoms with Crippen LogP contribution in [0.15, 0.2) is 24.3 Å². The van der Waals surface area contributed by atoms with Gasteiger partial charge in [0.15, 0.2) is 0 Å². The van der Waals surface area contributed by atoms with Crippen LogP contribution in [-0.2, 0) is 4.79 Å². The van der Waals surface area contributed by atoms with E-state index in [1.54, 1.807) is 0 Å². The summed E-state index contributed by atoms with van der Waals surface area (Å²) in [6.45, 7) is 5.23. The number of rotatable bonds is 5. The fourth-order valence-corrected chi connectivity index (χ4v) is 2.41. The predicted octanol–water partition coefficient (Wildman–Crippen LogP) is 3.41. The van der Waals surface area contributed by atoms with Gasteiger partial charge in [-0.3, -0.25) is 4.79 Å². The molecule has 1 aromatic rings. The van der Waals surface area contributed by atoms with E-state index in [-0.39, 0.29) is 5.91 Å². The number of anilines is 2. The topological polar surface area (TPSA) is 32.3 Å². The zero-order valence-electron chi connectivity index (χ0n) is 11.3. The summed E-state index contributed by atoms with van der Waals surface area (Å²) in [7, 11) is 0. The Morgan fingerprint density at radius 2 is 2.11 bits per heavy atom. The number of hydrogen-bond donors (Lipinski definition) is 1. The van der Waals surface area contributed by atoms with Gasteiger partial charge in [0.1, 0.15) is 0 Å². The van der Waals surface area contributed by atoms with Gasteiger partial charge >= 0.3 is 0 Å². The number of hydrogen-bond acceptors (Lipinski definition) is 2. The molecule has 1 heterocycles. The summed E-state index contributed by atoms with van der Waals surface area (Å²) in [5.74, 6) is 0.245. The van der Waals surface area contributed by atoms with Gasteiger partial charge in [-0.2, -0.15) is 0 Å². The van der Waals surface area contributed by atoms with Crippen LogP contribution < -0.4 is 10.2 Å². The zero-order chi connectivity index (χ0) is 13.0. The number of nitrogens with one attached hydrogen (secondary N) is 1. The smallest absolute Gasteiger partial charge is 0.227 e. The highest BCUT2D eigenvalue weighted by atomic mass is 16.2. The normalized spacial score (nSPS) is 15.5. The number of carbonyl (C=O) groups is 1. The summed E-state index contributed by atoms with van der Waals surface area (Å²) in [4.78, 5) is 13.6. The molecule has 1 aromatic carbocycles. The maximum atomic E-state index is 11.7. The zero-order valence-corrected chi connectivity index (χ0v) is 11.3. The first-order chi connectivity index (χ1) is 8.74. The predicted molar refractivity (Wildman–Crippen MR) is 76.0 cm³/mol. The fraction of sp³-hybridized carbons (Fsp3) is 0.533. The molecular formula is C15H22N2O. The maximum Gasteiger partial charge on any atom is 0.227 e. The minimum Gasteiger partial charge on any atom is -0.382 e. The van der Waals surface area contributed by atoms with E-state index in [4.69, 9.17) is 0 Å². The monoisotopic (exact) mass is 246 g/mol. The highest BCUT2D eigenvalue weighted by molar-refractivity contribution is 5.95. The first kappa shape index (κ1) is 12.9. The molecule has 0 atom stereocenters. The van der Waals surface area contributed by atoms with E-state index >= 15 is 0 Å². The lowest BCUT2D eigenvalue weighted by atomic mass is 10.1. The van der Waals surface area contributed by atoms with Crippen molar-refractivity contribution in [3.8, 4) is 0 Å². The number of amides is 1. The highest BCUT2D eigenvalue weighted by Crippen LogP contribution is 2.24. The summed E-state index contributed by atoms with van der Waals surface area (Å²) in [6, 6.07) is 8.70. The molecule has 0 aromatic heterocycles. The Balaban J connectivity index is 2.12. The van der Waals surface area contributed by atoms with Crippen molar-refractivity contribution in [2.75, 3.05) is 16.8 Å². The SMILES string of the molecule is CCC(CC)Nc1cccc(N2CCCC2=O)c1. The molecule has 98 valence electrons. The lowest BCUT2D eigenvalue weighted by Gasteiger charge is -2.20. The van der Waals surface area contributed by atoms with Gasteiger partial charge in [-0.05, 0) is 37.5 Å². The minimum atomic E-state index is 0.245. The molecule has 3 heteroatoms. The summed E-state index contributed by atoms with van der Waals surface area (Å²) >= 11 is 0. The summed E-state index contributed by atoms with van der Waals surface area (Å²) < 4.78 is 0. The lowest BCUT2D eigenvalue weighted by molar-refractivity contribution is -0.117. The van der Waals surface area contributed by atoms with Crippen LogP contribution in [0.4, 0.5) is 11.4 Å². The van der Waals surface area contributed by atoms with Crippen LogP contribution in [0.25, 0.3) is 0 Å². The molecule has 0 aliphatic carbocycles. The van der Waals surface area contributed by atoms with Crippen LogP contribution in [0, 0.1) is 0 Å². The first-order valence-electron chi connectivity index (χ1n) is 6.91. The fourth-order valence-electron chi connectivity index (χ4n) is 2.41. The van der Waals surface area contributed by atoms with Crippen LogP contribution >= 0.6 is 0 Å². The molecular weight excluding hydrogens is 224 g/mol. The van der Waals surface area contributed by atoms with E-state index in [9.17, 15) is 4.79 Å². The summed E-state index contributed by atoms with van der Waals surface area (Å²) in [5.41, 5.74) is 2.13. The Hall–Kier alpha value is -1.51. The Bertz CT molecular complexity index is 413. The van der Waals surface area contributed by atoms with Crippen molar-refractivity contribution in [1.29, 1.82) is 0 Å². The Morgan fingerprint density at radius 3 is 2.72 bits per heavy atom. The van der Waals surface area contributed by atoms with Gasteiger partial charge in [0.2, 0.25) is 5.91 Å². The average Bonchev–Trinajstić information content (AvgIpc) is 2.82. The van der Waals surface area contributed by atoms with Gasteiger partial charge < -0.3 is 10.2 Å². The van der Waals surface area contributed by atoms with E-state index in [0.717, 1.165) is 37.2 Å². The van der Waals surface area contributed by atoms with Crippen molar-refractivity contribution >= 4 is 17.3 Å². The third-order valence-corrected chi connectivity index (χ3v) is 3.59. The van der Waals surface area contributed by atoms with Crippen LogP contribution in [0.1, 0.15) is 39.5 Å². The quantitative estimate of drug-likeness (QED) is 0.863. The van der Waals surface area contributed by atoms with E-state index in [2.05, 4.69) is 31.3 Å². The maximum absolute atomic E-state index is 11.7. The second kappa shape index (κ2) is 5.89. The molecule has 1 fully saturated rings. The molecule has 0 bridgehead atoms. The molecule has 1 saturated heterocycles. The minimum absolute atomic E-state index is 0.245. The molecule has 1 N–H and O–H groups in total. The standard InChI is InChI=1S/C15H22N2O/c1-3-12(4-2)16-13-7-5-8-14(11-13)17-10-6-9-15(17)18/h5,7-8,11-12,16H,3-4,6,9-10H2,1-2H3. The molecule has 0 radical (unpaired) electrons. The van der Waals surface area contributed by atoms with Crippen LogP contribution in [0.3, 0.4) is 0 Å². The van der Waals surface area contributed by atoms with Crippen molar-refractivity contribution in [1.82, 2.24) is 0 Å². The Labute approximate surface area is 109 Å². The molecule has 0 saturated carbocycles. The van der Waals surface area contributed by atoms with E-state index in [1.807, 2.05) is 17.0 Å². The van der Waals surface area contributed by atoms with Gasteiger partial charge in [0.05, 0.1) is 0 Å². The van der Waals surface area contributed by atoms with Crippen LogP contribution in [-0.4, -0.2) is 18.5 Å². The third-order valence-electron chi connectivity index (χ3n) is 3.59. The van der Waals surface area contributed by atoms with Crippen LogP contribution in [0.5, 0.6) is 0 Å².